The van der Waals surface area contributed by atoms with Crippen LogP contribution >= 0.6 is 0 Å². The van der Waals surface area contributed by atoms with E-state index >= 15 is 0 Å². The van der Waals surface area contributed by atoms with Crippen LogP contribution in [0.15, 0.2) is 53.4 Å². The lowest BCUT2D eigenvalue weighted by Crippen LogP contribution is -2.40. The standard InChI is InChI=1S/C19H24FN3O3S/c1-13(18(24)22-15-10-8-14(20)9-11-15)21-16-6-5-7-17(12-16)27(25,26)23-19(2,3)4/h5-13,21,23H,1-4H3,(H,22,24)/t13-/m1/s1. The number of anilines is 2. The van der Waals surface area contributed by atoms with Crippen LogP contribution in [-0.4, -0.2) is 25.9 Å². The number of hydrogen-bond donors (Lipinski definition) is 3. The summed E-state index contributed by atoms with van der Waals surface area (Å²) >= 11 is 0. The molecule has 0 spiro atoms. The fraction of sp³-hybridized carbons (Fsp3) is 0.316. The van der Waals surface area contributed by atoms with Crippen molar-refractivity contribution < 1.29 is 17.6 Å². The van der Waals surface area contributed by atoms with Crippen LogP contribution in [0.4, 0.5) is 15.8 Å². The fourth-order valence-electron chi connectivity index (χ4n) is 2.31. The van der Waals surface area contributed by atoms with Crippen molar-refractivity contribution in [3.8, 4) is 0 Å². The predicted molar refractivity (Wildman–Crippen MR) is 105 cm³/mol. The minimum absolute atomic E-state index is 0.105. The lowest BCUT2D eigenvalue weighted by molar-refractivity contribution is -0.116. The van der Waals surface area contributed by atoms with E-state index in [1.807, 2.05) is 0 Å². The first-order valence-electron chi connectivity index (χ1n) is 8.43. The summed E-state index contributed by atoms with van der Waals surface area (Å²) in [4.78, 5) is 12.4. The molecule has 0 unspecified atom stereocenters. The van der Waals surface area contributed by atoms with E-state index < -0.39 is 21.6 Å². The molecule has 6 nitrogen and oxygen atoms in total. The molecule has 0 heterocycles. The SMILES string of the molecule is C[C@@H](Nc1cccc(S(=O)(=O)NC(C)(C)C)c1)C(=O)Nc1ccc(F)cc1. The molecule has 2 aromatic rings. The molecule has 0 aromatic heterocycles. The van der Waals surface area contributed by atoms with Crippen LogP contribution in [0.3, 0.4) is 0 Å². The van der Waals surface area contributed by atoms with Crippen LogP contribution in [0.1, 0.15) is 27.7 Å². The number of rotatable bonds is 6. The predicted octanol–water partition coefficient (Wildman–Crippen LogP) is 3.34. The maximum Gasteiger partial charge on any atom is 0.246 e. The Labute approximate surface area is 159 Å². The summed E-state index contributed by atoms with van der Waals surface area (Å²) < 4.78 is 40.4. The molecule has 0 fully saturated rings. The molecule has 0 saturated carbocycles. The number of carbonyl (C=O) groups is 1. The summed E-state index contributed by atoms with van der Waals surface area (Å²) in [5.74, 6) is -0.719. The number of halogens is 1. The number of amides is 1. The van der Waals surface area contributed by atoms with Crippen LogP contribution in [-0.2, 0) is 14.8 Å². The molecule has 0 bridgehead atoms. The molecule has 1 amide bonds. The Bertz CT molecular complexity index is 907. The number of hydrogen-bond acceptors (Lipinski definition) is 4. The zero-order valence-electron chi connectivity index (χ0n) is 15.7. The van der Waals surface area contributed by atoms with Gasteiger partial charge in [0, 0.05) is 16.9 Å². The van der Waals surface area contributed by atoms with Gasteiger partial charge in [-0.2, -0.15) is 0 Å². The van der Waals surface area contributed by atoms with Crippen molar-refractivity contribution in [3.05, 3.63) is 54.3 Å². The molecule has 3 N–H and O–H groups in total. The van der Waals surface area contributed by atoms with Gasteiger partial charge in [0.1, 0.15) is 11.9 Å². The highest BCUT2D eigenvalue weighted by Crippen LogP contribution is 2.18. The van der Waals surface area contributed by atoms with Gasteiger partial charge in [0.15, 0.2) is 0 Å². The highest BCUT2D eigenvalue weighted by Gasteiger charge is 2.22. The van der Waals surface area contributed by atoms with E-state index in [-0.39, 0.29) is 16.6 Å². The molecule has 2 aromatic carbocycles. The zero-order chi connectivity index (χ0) is 20.2. The lowest BCUT2D eigenvalue weighted by Gasteiger charge is -2.21. The van der Waals surface area contributed by atoms with E-state index in [1.54, 1.807) is 39.8 Å². The molecule has 0 aliphatic rings. The third kappa shape index (κ3) is 6.33. The molecule has 27 heavy (non-hydrogen) atoms. The molecule has 8 heteroatoms. The van der Waals surface area contributed by atoms with Crippen LogP contribution in [0.5, 0.6) is 0 Å². The van der Waals surface area contributed by atoms with Crippen molar-refractivity contribution in [2.45, 2.75) is 44.2 Å². The van der Waals surface area contributed by atoms with Gasteiger partial charge < -0.3 is 10.6 Å². The number of sulfonamides is 1. The first-order valence-corrected chi connectivity index (χ1v) is 9.92. The summed E-state index contributed by atoms with van der Waals surface area (Å²) in [5, 5.41) is 5.64. The average Bonchev–Trinajstić information content (AvgIpc) is 2.55. The normalized spacial score (nSPS) is 13.1. The lowest BCUT2D eigenvalue weighted by atomic mass is 10.1. The Morgan fingerprint density at radius 1 is 1.04 bits per heavy atom. The van der Waals surface area contributed by atoms with Gasteiger partial charge >= 0.3 is 0 Å². The second-order valence-electron chi connectivity index (χ2n) is 7.25. The van der Waals surface area contributed by atoms with Crippen molar-refractivity contribution in [1.29, 1.82) is 0 Å². The quantitative estimate of drug-likeness (QED) is 0.702. The third-order valence-corrected chi connectivity index (χ3v) is 5.23. The summed E-state index contributed by atoms with van der Waals surface area (Å²) in [7, 11) is -3.68. The molecule has 0 aliphatic heterocycles. The smallest absolute Gasteiger partial charge is 0.246 e. The summed E-state index contributed by atoms with van der Waals surface area (Å²) in [5.41, 5.74) is 0.360. The first kappa shape index (κ1) is 20.9. The molecular weight excluding hydrogens is 369 g/mol. The maximum absolute atomic E-state index is 12.9. The van der Waals surface area contributed by atoms with Crippen LogP contribution in [0.2, 0.25) is 0 Å². The summed E-state index contributed by atoms with van der Waals surface area (Å²) in [6.45, 7) is 6.92. The topological polar surface area (TPSA) is 87.3 Å². The Balaban J connectivity index is 2.08. The minimum atomic E-state index is -3.68. The zero-order valence-corrected chi connectivity index (χ0v) is 16.5. The number of carbonyl (C=O) groups excluding carboxylic acids is 1. The van der Waals surface area contributed by atoms with Gasteiger partial charge in [0.05, 0.1) is 4.90 Å². The van der Waals surface area contributed by atoms with Gasteiger partial charge in [-0.25, -0.2) is 17.5 Å². The maximum atomic E-state index is 12.9. The van der Waals surface area contributed by atoms with E-state index in [2.05, 4.69) is 15.4 Å². The molecule has 146 valence electrons. The second kappa shape index (κ2) is 8.06. The number of benzene rings is 2. The van der Waals surface area contributed by atoms with E-state index in [9.17, 15) is 17.6 Å². The Kier molecular flexibility index (Phi) is 6.22. The van der Waals surface area contributed by atoms with Crippen LogP contribution in [0, 0.1) is 5.82 Å². The monoisotopic (exact) mass is 393 g/mol. The molecule has 0 saturated heterocycles. The third-order valence-electron chi connectivity index (χ3n) is 3.47. The number of nitrogens with one attached hydrogen (secondary N) is 3. The second-order valence-corrected chi connectivity index (χ2v) is 8.93. The molecule has 0 aliphatic carbocycles. The van der Waals surface area contributed by atoms with Crippen molar-refractivity contribution in [2.24, 2.45) is 0 Å². The van der Waals surface area contributed by atoms with Crippen molar-refractivity contribution in [1.82, 2.24) is 4.72 Å². The van der Waals surface area contributed by atoms with Crippen molar-refractivity contribution in [2.75, 3.05) is 10.6 Å². The average molecular weight is 393 g/mol. The molecular formula is C19H24FN3O3S. The highest BCUT2D eigenvalue weighted by molar-refractivity contribution is 7.89. The van der Waals surface area contributed by atoms with Gasteiger partial charge in [-0.3, -0.25) is 4.79 Å². The van der Waals surface area contributed by atoms with Crippen LogP contribution < -0.4 is 15.4 Å². The Morgan fingerprint density at radius 2 is 1.67 bits per heavy atom. The Morgan fingerprint density at radius 3 is 2.26 bits per heavy atom. The Hall–Kier alpha value is -2.45. The van der Waals surface area contributed by atoms with Gasteiger partial charge in [0.2, 0.25) is 15.9 Å². The van der Waals surface area contributed by atoms with Gasteiger partial charge in [-0.05, 0) is 70.2 Å². The van der Waals surface area contributed by atoms with E-state index in [0.29, 0.717) is 11.4 Å². The minimum Gasteiger partial charge on any atom is -0.374 e. The van der Waals surface area contributed by atoms with Gasteiger partial charge in [0.25, 0.3) is 0 Å². The van der Waals surface area contributed by atoms with Gasteiger partial charge in [-0.1, -0.05) is 6.07 Å². The van der Waals surface area contributed by atoms with Crippen molar-refractivity contribution >= 4 is 27.3 Å². The summed E-state index contributed by atoms with van der Waals surface area (Å²) in [6, 6.07) is 11.0. The first-order chi connectivity index (χ1) is 12.5. The van der Waals surface area contributed by atoms with E-state index in [0.717, 1.165) is 0 Å². The van der Waals surface area contributed by atoms with Crippen LogP contribution in [0.25, 0.3) is 0 Å². The summed E-state index contributed by atoms with van der Waals surface area (Å²) in [6.07, 6.45) is 0. The van der Waals surface area contributed by atoms with E-state index in [4.69, 9.17) is 0 Å². The van der Waals surface area contributed by atoms with Crippen molar-refractivity contribution in [3.63, 3.8) is 0 Å². The molecule has 1 atom stereocenters. The van der Waals surface area contributed by atoms with Gasteiger partial charge in [-0.15, -0.1) is 0 Å². The largest absolute Gasteiger partial charge is 0.374 e. The molecule has 0 radical (unpaired) electrons. The van der Waals surface area contributed by atoms with E-state index in [1.165, 1.54) is 36.4 Å². The molecule has 2 rings (SSSR count). The highest BCUT2D eigenvalue weighted by atomic mass is 32.2. The fourth-order valence-corrected chi connectivity index (χ4v) is 3.78.